The first-order valence-corrected chi connectivity index (χ1v) is 6.67. The number of halogens is 1. The third-order valence-electron chi connectivity index (χ3n) is 2.82. The second kappa shape index (κ2) is 5.40. The summed E-state index contributed by atoms with van der Waals surface area (Å²) in [5.41, 5.74) is 0.492. The number of thioether (sulfide) groups is 1. The van der Waals surface area contributed by atoms with Gasteiger partial charge in [0.1, 0.15) is 5.82 Å². The Morgan fingerprint density at radius 3 is 3.06 bits per heavy atom. The third-order valence-corrected chi connectivity index (χ3v) is 4.05. The summed E-state index contributed by atoms with van der Waals surface area (Å²) in [4.78, 5) is 11.0. The molecule has 1 atom stereocenters. The number of benzene rings is 1. The molecule has 2 N–H and O–H groups in total. The Balaban J connectivity index is 2.06. The Morgan fingerprint density at radius 1 is 1.59 bits per heavy atom. The van der Waals surface area contributed by atoms with Crippen LogP contribution in [0, 0.1) is 11.7 Å². The van der Waals surface area contributed by atoms with Crippen LogP contribution in [0.1, 0.15) is 16.8 Å². The second-order valence-corrected chi connectivity index (χ2v) is 5.26. The number of hydrogen-bond donors (Lipinski definition) is 2. The Morgan fingerprint density at radius 2 is 2.41 bits per heavy atom. The standard InChI is InChI=1S/C12H14FNO2S/c13-9-1-2-11(10(5-9)12(15)16)14-6-8-3-4-17-7-8/h1-2,5,8,14H,3-4,6-7H2,(H,15,16). The maximum Gasteiger partial charge on any atom is 0.337 e. The first kappa shape index (κ1) is 12.2. The molecular formula is C12H14FNO2S. The Bertz CT molecular complexity index is 419. The van der Waals surface area contributed by atoms with Crippen LogP contribution in [0.25, 0.3) is 0 Å². The van der Waals surface area contributed by atoms with E-state index in [1.165, 1.54) is 17.9 Å². The summed E-state index contributed by atoms with van der Waals surface area (Å²) in [7, 11) is 0. The van der Waals surface area contributed by atoms with E-state index in [0.717, 1.165) is 24.8 Å². The van der Waals surface area contributed by atoms with Gasteiger partial charge in [0.15, 0.2) is 0 Å². The van der Waals surface area contributed by atoms with Gasteiger partial charge in [0.25, 0.3) is 0 Å². The molecule has 3 nitrogen and oxygen atoms in total. The molecule has 1 aliphatic rings. The van der Waals surface area contributed by atoms with E-state index in [4.69, 9.17) is 5.11 Å². The van der Waals surface area contributed by atoms with Crippen molar-refractivity contribution in [3.8, 4) is 0 Å². The average Bonchev–Trinajstić information content (AvgIpc) is 2.80. The smallest absolute Gasteiger partial charge is 0.337 e. The minimum Gasteiger partial charge on any atom is -0.478 e. The molecule has 1 fully saturated rings. The fourth-order valence-corrected chi connectivity index (χ4v) is 3.13. The van der Waals surface area contributed by atoms with Crippen molar-refractivity contribution in [2.75, 3.05) is 23.4 Å². The van der Waals surface area contributed by atoms with Crippen molar-refractivity contribution in [3.63, 3.8) is 0 Å². The van der Waals surface area contributed by atoms with Gasteiger partial charge in [0.2, 0.25) is 0 Å². The zero-order valence-corrected chi connectivity index (χ0v) is 10.1. The second-order valence-electron chi connectivity index (χ2n) is 4.11. The van der Waals surface area contributed by atoms with Crippen molar-refractivity contribution >= 4 is 23.4 Å². The first-order valence-electron chi connectivity index (χ1n) is 5.51. The van der Waals surface area contributed by atoms with Gasteiger partial charge in [0, 0.05) is 12.2 Å². The van der Waals surface area contributed by atoms with Crippen molar-refractivity contribution < 1.29 is 14.3 Å². The van der Waals surface area contributed by atoms with Gasteiger partial charge >= 0.3 is 5.97 Å². The summed E-state index contributed by atoms with van der Waals surface area (Å²) in [5, 5.41) is 12.1. The molecule has 0 aliphatic carbocycles. The van der Waals surface area contributed by atoms with Crippen LogP contribution >= 0.6 is 11.8 Å². The van der Waals surface area contributed by atoms with Crippen LogP contribution in [0.2, 0.25) is 0 Å². The molecule has 2 rings (SSSR count). The molecule has 0 amide bonds. The van der Waals surface area contributed by atoms with Crippen LogP contribution in [-0.4, -0.2) is 29.1 Å². The Labute approximate surface area is 103 Å². The summed E-state index contributed by atoms with van der Waals surface area (Å²) in [6, 6.07) is 3.81. The van der Waals surface area contributed by atoms with Gasteiger partial charge in [-0.25, -0.2) is 9.18 Å². The van der Waals surface area contributed by atoms with Gasteiger partial charge in [-0.1, -0.05) is 0 Å². The number of rotatable bonds is 4. The van der Waals surface area contributed by atoms with Gasteiger partial charge in [-0.3, -0.25) is 0 Å². The van der Waals surface area contributed by atoms with Crippen molar-refractivity contribution in [1.82, 2.24) is 0 Å². The number of carboxylic acids is 1. The molecule has 5 heteroatoms. The highest BCUT2D eigenvalue weighted by Crippen LogP contribution is 2.24. The van der Waals surface area contributed by atoms with Gasteiger partial charge in [-0.2, -0.15) is 11.8 Å². The molecule has 92 valence electrons. The SMILES string of the molecule is O=C(O)c1cc(F)ccc1NCC1CCSC1. The quantitative estimate of drug-likeness (QED) is 0.868. The lowest BCUT2D eigenvalue weighted by atomic mass is 10.1. The molecule has 1 saturated heterocycles. The number of aromatic carboxylic acids is 1. The molecule has 0 radical (unpaired) electrons. The number of carboxylic acid groups (broad SMARTS) is 1. The number of hydrogen-bond acceptors (Lipinski definition) is 3. The van der Waals surface area contributed by atoms with Crippen molar-refractivity contribution in [3.05, 3.63) is 29.6 Å². The van der Waals surface area contributed by atoms with Crippen LogP contribution in [0.5, 0.6) is 0 Å². The maximum absolute atomic E-state index is 13.0. The summed E-state index contributed by atoms with van der Waals surface area (Å²) in [6.45, 7) is 0.749. The lowest BCUT2D eigenvalue weighted by molar-refractivity contribution is 0.0697. The fourth-order valence-electron chi connectivity index (χ4n) is 1.85. The molecule has 0 saturated carbocycles. The lowest BCUT2D eigenvalue weighted by Crippen LogP contribution is -2.15. The van der Waals surface area contributed by atoms with E-state index in [0.29, 0.717) is 11.6 Å². The van der Waals surface area contributed by atoms with Gasteiger partial charge in [-0.05, 0) is 42.0 Å². The summed E-state index contributed by atoms with van der Waals surface area (Å²) in [6.07, 6.45) is 1.15. The minimum atomic E-state index is -1.10. The molecule has 0 aromatic heterocycles. The topological polar surface area (TPSA) is 49.3 Å². The molecule has 1 aliphatic heterocycles. The van der Waals surface area contributed by atoms with Crippen LogP contribution in [0.3, 0.4) is 0 Å². The third kappa shape index (κ3) is 3.12. The molecule has 1 aromatic rings. The van der Waals surface area contributed by atoms with E-state index < -0.39 is 11.8 Å². The summed E-state index contributed by atoms with van der Waals surface area (Å²) in [5.74, 6) is 1.22. The predicted molar refractivity (Wildman–Crippen MR) is 67.3 cm³/mol. The molecule has 1 heterocycles. The highest BCUT2D eigenvalue weighted by atomic mass is 32.2. The van der Waals surface area contributed by atoms with Crippen molar-refractivity contribution in [1.29, 1.82) is 0 Å². The normalized spacial score (nSPS) is 19.2. The fraction of sp³-hybridized carbons (Fsp3) is 0.417. The maximum atomic E-state index is 13.0. The average molecular weight is 255 g/mol. The van der Waals surface area contributed by atoms with Crippen LogP contribution < -0.4 is 5.32 Å². The highest BCUT2D eigenvalue weighted by Gasteiger charge is 2.17. The van der Waals surface area contributed by atoms with Gasteiger partial charge < -0.3 is 10.4 Å². The largest absolute Gasteiger partial charge is 0.478 e. The predicted octanol–water partition coefficient (Wildman–Crippen LogP) is 2.69. The molecule has 0 bridgehead atoms. The number of anilines is 1. The summed E-state index contributed by atoms with van der Waals surface area (Å²) < 4.78 is 13.0. The van der Waals surface area contributed by atoms with Gasteiger partial charge in [-0.15, -0.1) is 0 Å². The first-order chi connectivity index (χ1) is 8.16. The van der Waals surface area contributed by atoms with Crippen molar-refractivity contribution in [2.45, 2.75) is 6.42 Å². The zero-order chi connectivity index (χ0) is 12.3. The summed E-state index contributed by atoms with van der Waals surface area (Å²) >= 11 is 1.91. The molecular weight excluding hydrogens is 241 g/mol. The van der Waals surface area contributed by atoms with E-state index in [1.54, 1.807) is 0 Å². The van der Waals surface area contributed by atoms with Crippen LogP contribution in [-0.2, 0) is 0 Å². The monoisotopic (exact) mass is 255 g/mol. The van der Waals surface area contributed by atoms with Crippen LogP contribution in [0.15, 0.2) is 18.2 Å². The van der Waals surface area contributed by atoms with Crippen molar-refractivity contribution in [2.24, 2.45) is 5.92 Å². The molecule has 1 unspecified atom stereocenters. The minimum absolute atomic E-state index is 0.00403. The van der Waals surface area contributed by atoms with E-state index in [2.05, 4.69) is 5.32 Å². The molecule has 0 spiro atoms. The zero-order valence-electron chi connectivity index (χ0n) is 9.28. The number of nitrogens with one attached hydrogen (secondary N) is 1. The van der Waals surface area contributed by atoms with Crippen LogP contribution in [0.4, 0.5) is 10.1 Å². The van der Waals surface area contributed by atoms with E-state index in [1.807, 2.05) is 11.8 Å². The highest BCUT2D eigenvalue weighted by molar-refractivity contribution is 7.99. The molecule has 1 aromatic carbocycles. The lowest BCUT2D eigenvalue weighted by Gasteiger charge is -2.13. The van der Waals surface area contributed by atoms with E-state index >= 15 is 0 Å². The Kier molecular flexibility index (Phi) is 3.89. The van der Waals surface area contributed by atoms with E-state index in [-0.39, 0.29) is 5.56 Å². The van der Waals surface area contributed by atoms with Gasteiger partial charge in [0.05, 0.1) is 5.56 Å². The Hall–Kier alpha value is -1.23. The molecule has 17 heavy (non-hydrogen) atoms. The van der Waals surface area contributed by atoms with E-state index in [9.17, 15) is 9.18 Å². The number of carbonyl (C=O) groups is 1.